The SMILES string of the molecule is c1ccc(-c2ccc3c(-c4ccccc4)c4c(c(-c5ccccc5)c3c2)-c2cccc3cccc-4c23)cc1. The van der Waals surface area contributed by atoms with Gasteiger partial charge in [0, 0.05) is 0 Å². The van der Waals surface area contributed by atoms with Crippen molar-refractivity contribution < 1.29 is 0 Å². The topological polar surface area (TPSA) is 0 Å². The van der Waals surface area contributed by atoms with Crippen LogP contribution >= 0.6 is 0 Å². The van der Waals surface area contributed by atoms with E-state index in [1.165, 1.54) is 77.2 Å². The maximum Gasteiger partial charge on any atom is -0.000741 e. The standard InChI is InChI=1S/C38H24/c1-4-12-25(13-5-1)29-22-23-30-33(24-29)36(28-16-8-3-9-17-28)38-32-21-11-19-26-18-10-20-31(34(26)32)37(38)35(30)27-14-6-2-7-15-27/h1-24H. The van der Waals surface area contributed by atoms with Gasteiger partial charge in [-0.25, -0.2) is 0 Å². The molecule has 0 aromatic heterocycles. The number of fused-ring (bicyclic) bond motifs is 4. The highest BCUT2D eigenvalue weighted by molar-refractivity contribution is 6.27. The fraction of sp³-hybridized carbons (Fsp3) is 0. The lowest BCUT2D eigenvalue weighted by Crippen LogP contribution is -1.94. The highest BCUT2D eigenvalue weighted by Gasteiger charge is 2.30. The molecule has 0 heterocycles. The fourth-order valence-corrected chi connectivity index (χ4v) is 6.40. The first-order chi connectivity index (χ1) is 18.9. The Morgan fingerprint density at radius 1 is 0.289 bits per heavy atom. The molecule has 1 aliphatic rings. The Bertz CT molecular complexity index is 1980. The van der Waals surface area contributed by atoms with Crippen molar-refractivity contribution in [3.05, 3.63) is 146 Å². The van der Waals surface area contributed by atoms with Crippen molar-refractivity contribution in [1.82, 2.24) is 0 Å². The van der Waals surface area contributed by atoms with Crippen LogP contribution in [-0.2, 0) is 0 Å². The van der Waals surface area contributed by atoms with Crippen LogP contribution in [0.25, 0.3) is 77.2 Å². The van der Waals surface area contributed by atoms with E-state index >= 15 is 0 Å². The zero-order chi connectivity index (χ0) is 25.1. The van der Waals surface area contributed by atoms with Gasteiger partial charge in [-0.15, -0.1) is 0 Å². The fourth-order valence-electron chi connectivity index (χ4n) is 6.40. The summed E-state index contributed by atoms with van der Waals surface area (Å²) in [6, 6.07) is 53.1. The van der Waals surface area contributed by atoms with Gasteiger partial charge in [-0.1, -0.05) is 140 Å². The second-order valence-electron chi connectivity index (χ2n) is 10.1. The predicted molar refractivity (Wildman–Crippen MR) is 162 cm³/mol. The van der Waals surface area contributed by atoms with E-state index in [4.69, 9.17) is 0 Å². The lowest BCUT2D eigenvalue weighted by molar-refractivity contribution is 1.61. The highest BCUT2D eigenvalue weighted by atomic mass is 14.3. The summed E-state index contributed by atoms with van der Waals surface area (Å²) in [6.45, 7) is 0. The van der Waals surface area contributed by atoms with E-state index < -0.39 is 0 Å². The third-order valence-corrected chi connectivity index (χ3v) is 7.98. The summed E-state index contributed by atoms with van der Waals surface area (Å²) in [4.78, 5) is 0. The van der Waals surface area contributed by atoms with Gasteiger partial charge in [0.2, 0.25) is 0 Å². The van der Waals surface area contributed by atoms with Crippen LogP contribution in [0.15, 0.2) is 146 Å². The van der Waals surface area contributed by atoms with Gasteiger partial charge in [0.15, 0.2) is 0 Å². The molecule has 0 atom stereocenters. The quantitative estimate of drug-likeness (QED) is 0.236. The number of hydrogen-bond donors (Lipinski definition) is 0. The molecule has 176 valence electrons. The normalized spacial score (nSPS) is 11.7. The number of hydrogen-bond acceptors (Lipinski definition) is 0. The van der Waals surface area contributed by atoms with Crippen molar-refractivity contribution in [1.29, 1.82) is 0 Å². The average molecular weight is 481 g/mol. The Hall–Kier alpha value is -4.94. The Balaban J connectivity index is 1.61. The van der Waals surface area contributed by atoms with Crippen LogP contribution in [-0.4, -0.2) is 0 Å². The molecule has 0 heteroatoms. The van der Waals surface area contributed by atoms with Gasteiger partial charge in [-0.05, 0) is 83.2 Å². The van der Waals surface area contributed by atoms with Gasteiger partial charge in [0.1, 0.15) is 0 Å². The monoisotopic (exact) mass is 480 g/mol. The average Bonchev–Trinajstić information content (AvgIpc) is 3.32. The van der Waals surface area contributed by atoms with Crippen molar-refractivity contribution in [2.24, 2.45) is 0 Å². The summed E-state index contributed by atoms with van der Waals surface area (Å²) >= 11 is 0. The molecule has 0 saturated carbocycles. The zero-order valence-corrected chi connectivity index (χ0v) is 20.9. The number of rotatable bonds is 3. The molecule has 0 fully saturated rings. The van der Waals surface area contributed by atoms with Gasteiger partial charge in [0.25, 0.3) is 0 Å². The predicted octanol–water partition coefficient (Wildman–Crippen LogP) is 10.6. The van der Waals surface area contributed by atoms with E-state index in [2.05, 4.69) is 146 Å². The third kappa shape index (κ3) is 3.04. The molecule has 0 unspecified atom stereocenters. The van der Waals surface area contributed by atoms with Gasteiger partial charge >= 0.3 is 0 Å². The molecule has 0 saturated heterocycles. The van der Waals surface area contributed by atoms with E-state index in [9.17, 15) is 0 Å². The molecule has 7 aromatic rings. The van der Waals surface area contributed by atoms with Crippen LogP contribution < -0.4 is 0 Å². The molecule has 0 N–H and O–H groups in total. The summed E-state index contributed by atoms with van der Waals surface area (Å²) in [7, 11) is 0. The lowest BCUT2D eigenvalue weighted by atomic mass is 9.82. The first-order valence-corrected chi connectivity index (χ1v) is 13.2. The zero-order valence-electron chi connectivity index (χ0n) is 20.9. The van der Waals surface area contributed by atoms with Crippen LogP contribution in [0.3, 0.4) is 0 Å². The maximum atomic E-state index is 2.41. The molecule has 0 nitrogen and oxygen atoms in total. The Kier molecular flexibility index (Phi) is 4.62. The second-order valence-corrected chi connectivity index (χ2v) is 10.1. The van der Waals surface area contributed by atoms with Crippen LogP contribution in [0.1, 0.15) is 0 Å². The Labute approximate surface area is 222 Å². The first-order valence-electron chi connectivity index (χ1n) is 13.2. The van der Waals surface area contributed by atoms with Gasteiger partial charge in [-0.3, -0.25) is 0 Å². The van der Waals surface area contributed by atoms with Gasteiger partial charge < -0.3 is 0 Å². The minimum Gasteiger partial charge on any atom is -0.0622 e. The van der Waals surface area contributed by atoms with Crippen molar-refractivity contribution in [3.63, 3.8) is 0 Å². The molecule has 0 bridgehead atoms. The lowest BCUT2D eigenvalue weighted by Gasteiger charge is -2.21. The molecule has 7 aromatic carbocycles. The van der Waals surface area contributed by atoms with E-state index in [0.717, 1.165) is 0 Å². The molecule has 8 rings (SSSR count). The summed E-state index contributed by atoms with van der Waals surface area (Å²) in [5, 5.41) is 5.24. The first kappa shape index (κ1) is 21.2. The van der Waals surface area contributed by atoms with Gasteiger partial charge in [-0.2, -0.15) is 0 Å². The molecular formula is C38H24. The second kappa shape index (κ2) is 8.30. The van der Waals surface area contributed by atoms with Crippen LogP contribution in [0.2, 0.25) is 0 Å². The largest absolute Gasteiger partial charge is 0.0622 e. The minimum atomic E-state index is 1.24. The molecule has 0 radical (unpaired) electrons. The smallest absolute Gasteiger partial charge is 0.000741 e. The number of benzene rings is 7. The van der Waals surface area contributed by atoms with E-state index in [1.54, 1.807) is 0 Å². The van der Waals surface area contributed by atoms with Crippen LogP contribution in [0.4, 0.5) is 0 Å². The van der Waals surface area contributed by atoms with Crippen molar-refractivity contribution in [2.45, 2.75) is 0 Å². The molecular weight excluding hydrogens is 456 g/mol. The minimum absolute atomic E-state index is 1.24. The summed E-state index contributed by atoms with van der Waals surface area (Å²) in [5.41, 5.74) is 13.0. The third-order valence-electron chi connectivity index (χ3n) is 7.98. The molecule has 38 heavy (non-hydrogen) atoms. The highest BCUT2D eigenvalue weighted by Crippen LogP contribution is 2.57. The maximum absolute atomic E-state index is 2.41. The Morgan fingerprint density at radius 2 is 0.789 bits per heavy atom. The van der Waals surface area contributed by atoms with Gasteiger partial charge in [0.05, 0.1) is 0 Å². The van der Waals surface area contributed by atoms with Crippen LogP contribution in [0.5, 0.6) is 0 Å². The molecule has 0 amide bonds. The van der Waals surface area contributed by atoms with E-state index in [0.29, 0.717) is 0 Å². The molecule has 0 spiro atoms. The van der Waals surface area contributed by atoms with Crippen molar-refractivity contribution in [2.75, 3.05) is 0 Å². The van der Waals surface area contributed by atoms with E-state index in [1.807, 2.05) is 0 Å². The van der Waals surface area contributed by atoms with Crippen LogP contribution in [0, 0.1) is 0 Å². The summed E-state index contributed by atoms with van der Waals surface area (Å²) in [6.07, 6.45) is 0. The van der Waals surface area contributed by atoms with Crippen molar-refractivity contribution in [3.8, 4) is 55.6 Å². The molecule has 0 aliphatic heterocycles. The van der Waals surface area contributed by atoms with E-state index in [-0.39, 0.29) is 0 Å². The summed E-state index contributed by atoms with van der Waals surface area (Å²) in [5.74, 6) is 0. The summed E-state index contributed by atoms with van der Waals surface area (Å²) < 4.78 is 0. The molecule has 1 aliphatic carbocycles. The van der Waals surface area contributed by atoms with Crippen molar-refractivity contribution >= 4 is 21.5 Å². The Morgan fingerprint density at radius 3 is 1.34 bits per heavy atom.